The third-order valence-electron chi connectivity index (χ3n) is 8.91. The Morgan fingerprint density at radius 2 is 1.00 bits per heavy atom. The lowest BCUT2D eigenvalue weighted by Crippen LogP contribution is -2.09. The van der Waals surface area contributed by atoms with Crippen LogP contribution >= 0.6 is 0 Å². The lowest BCUT2D eigenvalue weighted by molar-refractivity contribution is 0.740. The molecule has 216 valence electrons. The molecular weight excluding hydrogens is 544 g/mol. The van der Waals surface area contributed by atoms with Crippen molar-refractivity contribution >= 4 is 44.4 Å². The van der Waals surface area contributed by atoms with Crippen LogP contribution in [0.4, 0.5) is 17.1 Å². The summed E-state index contributed by atoms with van der Waals surface area (Å²) in [7, 11) is 0. The number of allylic oxidation sites excluding steroid dienone is 4. The Hall–Kier alpha value is -5.60. The van der Waals surface area contributed by atoms with Gasteiger partial charge in [0.25, 0.3) is 0 Å². The summed E-state index contributed by atoms with van der Waals surface area (Å²) in [6.45, 7) is 2.28. The Morgan fingerprint density at radius 1 is 0.511 bits per heavy atom. The van der Waals surface area contributed by atoms with Gasteiger partial charge in [-0.3, -0.25) is 0 Å². The highest BCUT2D eigenvalue weighted by Gasteiger charge is 2.15. The van der Waals surface area contributed by atoms with Gasteiger partial charge in [0.1, 0.15) is 0 Å². The van der Waals surface area contributed by atoms with Gasteiger partial charge in [0.05, 0.1) is 11.0 Å². The molecule has 1 aromatic heterocycles. The van der Waals surface area contributed by atoms with Crippen molar-refractivity contribution in [3.05, 3.63) is 175 Å². The zero-order valence-electron chi connectivity index (χ0n) is 25.3. The van der Waals surface area contributed by atoms with Crippen LogP contribution in [0.25, 0.3) is 44.2 Å². The molecule has 1 aliphatic rings. The molecule has 0 aliphatic heterocycles. The minimum atomic E-state index is 0.578. The van der Waals surface area contributed by atoms with E-state index in [9.17, 15) is 0 Å². The van der Waals surface area contributed by atoms with Gasteiger partial charge in [-0.25, -0.2) is 0 Å². The number of fused-ring (bicyclic) bond motifs is 3. The maximum Gasteiger partial charge on any atom is 0.0541 e. The van der Waals surface area contributed by atoms with Crippen LogP contribution in [0.15, 0.2) is 170 Å². The molecule has 6 aromatic carbocycles. The number of hydrogen-bond acceptors (Lipinski definition) is 1. The van der Waals surface area contributed by atoms with Crippen LogP contribution < -0.4 is 4.90 Å². The van der Waals surface area contributed by atoms with Crippen molar-refractivity contribution in [3.8, 4) is 16.8 Å². The number of para-hydroxylation sites is 3. The third kappa shape index (κ3) is 5.05. The largest absolute Gasteiger partial charge is 0.311 e. The zero-order valence-corrected chi connectivity index (χ0v) is 25.3. The molecule has 0 fully saturated rings. The number of nitrogens with zero attached hydrogens (tertiary/aromatic N) is 2. The smallest absolute Gasteiger partial charge is 0.0541 e. The van der Waals surface area contributed by atoms with E-state index in [1.807, 2.05) is 0 Å². The van der Waals surface area contributed by atoms with Gasteiger partial charge in [-0.2, -0.15) is 0 Å². The Bertz CT molecular complexity index is 2110. The molecule has 2 nitrogen and oxygen atoms in total. The average Bonchev–Trinajstić information content (AvgIpc) is 3.44. The van der Waals surface area contributed by atoms with Crippen molar-refractivity contribution in [3.63, 3.8) is 0 Å². The van der Waals surface area contributed by atoms with Crippen LogP contribution in [0.2, 0.25) is 0 Å². The molecule has 1 aliphatic carbocycles. The van der Waals surface area contributed by atoms with Gasteiger partial charge in [-0.1, -0.05) is 116 Å². The third-order valence-corrected chi connectivity index (χ3v) is 8.91. The van der Waals surface area contributed by atoms with Crippen LogP contribution in [0, 0.1) is 5.92 Å². The van der Waals surface area contributed by atoms with E-state index in [0.717, 1.165) is 23.5 Å². The molecule has 0 radical (unpaired) electrons. The number of hydrogen-bond donors (Lipinski definition) is 0. The van der Waals surface area contributed by atoms with Crippen molar-refractivity contribution in [1.82, 2.24) is 4.57 Å². The summed E-state index contributed by atoms with van der Waals surface area (Å²) in [4.78, 5) is 2.33. The minimum Gasteiger partial charge on any atom is -0.311 e. The molecule has 45 heavy (non-hydrogen) atoms. The van der Waals surface area contributed by atoms with E-state index in [0.29, 0.717) is 5.92 Å². The van der Waals surface area contributed by atoms with Gasteiger partial charge in [-0.15, -0.1) is 0 Å². The van der Waals surface area contributed by atoms with Gasteiger partial charge in [-0.05, 0) is 95.3 Å². The molecular formula is C43H34N2. The SMILES string of the molecule is CC1C=C(c2ccc(N(c3ccccc3)c3ccc(-c4ccc(-n5c6ccccc6c6ccccc65)cc4)cc3)cc2)C=CC1. The van der Waals surface area contributed by atoms with Crippen LogP contribution in [-0.4, -0.2) is 4.57 Å². The lowest BCUT2D eigenvalue weighted by atomic mass is 9.93. The summed E-state index contributed by atoms with van der Waals surface area (Å²) in [6.07, 6.45) is 8.02. The molecule has 0 spiro atoms. The molecule has 7 aromatic rings. The summed E-state index contributed by atoms with van der Waals surface area (Å²) in [6, 6.07) is 54.7. The molecule has 0 N–H and O–H groups in total. The normalized spacial score (nSPS) is 14.5. The fourth-order valence-electron chi connectivity index (χ4n) is 6.67. The first-order valence-corrected chi connectivity index (χ1v) is 15.8. The van der Waals surface area contributed by atoms with Crippen LogP contribution in [0.3, 0.4) is 0 Å². The van der Waals surface area contributed by atoms with Crippen LogP contribution in [0.1, 0.15) is 18.9 Å². The first-order chi connectivity index (χ1) is 22.2. The number of aromatic nitrogens is 1. The molecule has 1 unspecified atom stereocenters. The topological polar surface area (TPSA) is 8.17 Å². The second kappa shape index (κ2) is 11.5. The van der Waals surface area contributed by atoms with E-state index < -0.39 is 0 Å². The highest BCUT2D eigenvalue weighted by molar-refractivity contribution is 6.09. The molecule has 8 rings (SSSR count). The predicted octanol–water partition coefficient (Wildman–Crippen LogP) is 11.9. The van der Waals surface area contributed by atoms with Crippen molar-refractivity contribution in [2.75, 3.05) is 4.90 Å². The van der Waals surface area contributed by atoms with E-state index in [1.165, 1.54) is 49.8 Å². The maximum atomic E-state index is 2.37. The summed E-state index contributed by atoms with van der Waals surface area (Å²) < 4.78 is 2.36. The zero-order chi connectivity index (χ0) is 30.2. The molecule has 1 heterocycles. The van der Waals surface area contributed by atoms with E-state index in [-0.39, 0.29) is 0 Å². The Morgan fingerprint density at radius 3 is 1.58 bits per heavy atom. The Balaban J connectivity index is 1.11. The Kier molecular flexibility index (Phi) is 6.88. The maximum absolute atomic E-state index is 2.37. The summed E-state index contributed by atoms with van der Waals surface area (Å²) in [5.41, 5.74) is 12.0. The molecule has 2 heteroatoms. The standard InChI is InChI=1S/C43H34N2/c1-31-10-9-11-35(30-31)34-22-26-38(27-23-34)44(36-12-3-2-4-13-36)37-24-18-32(19-25-37)33-20-28-39(29-21-33)45-42-16-7-5-14-40(42)41-15-6-8-17-43(41)45/h2-9,11-31H,10H2,1H3. The predicted molar refractivity (Wildman–Crippen MR) is 192 cm³/mol. The van der Waals surface area contributed by atoms with Crippen molar-refractivity contribution < 1.29 is 0 Å². The first kappa shape index (κ1) is 27.0. The molecule has 0 bridgehead atoms. The van der Waals surface area contributed by atoms with E-state index in [1.54, 1.807) is 0 Å². The summed E-state index contributed by atoms with van der Waals surface area (Å²) in [5, 5.41) is 2.56. The number of anilines is 3. The highest BCUT2D eigenvalue weighted by Crippen LogP contribution is 2.37. The first-order valence-electron chi connectivity index (χ1n) is 15.8. The van der Waals surface area contributed by atoms with Gasteiger partial charge >= 0.3 is 0 Å². The quantitative estimate of drug-likeness (QED) is 0.191. The van der Waals surface area contributed by atoms with Crippen molar-refractivity contribution in [1.29, 1.82) is 0 Å². The van der Waals surface area contributed by atoms with E-state index in [2.05, 4.69) is 186 Å². The molecule has 0 saturated carbocycles. The van der Waals surface area contributed by atoms with E-state index >= 15 is 0 Å². The van der Waals surface area contributed by atoms with Crippen LogP contribution in [0.5, 0.6) is 0 Å². The minimum absolute atomic E-state index is 0.578. The second-order valence-corrected chi connectivity index (χ2v) is 11.9. The fourth-order valence-corrected chi connectivity index (χ4v) is 6.67. The summed E-state index contributed by atoms with van der Waals surface area (Å²) in [5.74, 6) is 0.578. The van der Waals surface area contributed by atoms with Gasteiger partial charge in [0.2, 0.25) is 0 Å². The summed E-state index contributed by atoms with van der Waals surface area (Å²) >= 11 is 0. The number of rotatable bonds is 6. The van der Waals surface area contributed by atoms with Gasteiger partial charge < -0.3 is 9.47 Å². The molecule has 1 atom stereocenters. The lowest BCUT2D eigenvalue weighted by Gasteiger charge is -2.26. The molecule has 0 amide bonds. The van der Waals surface area contributed by atoms with Crippen molar-refractivity contribution in [2.24, 2.45) is 5.92 Å². The van der Waals surface area contributed by atoms with Crippen LogP contribution in [-0.2, 0) is 0 Å². The monoisotopic (exact) mass is 578 g/mol. The highest BCUT2D eigenvalue weighted by atomic mass is 15.1. The van der Waals surface area contributed by atoms with E-state index in [4.69, 9.17) is 0 Å². The van der Waals surface area contributed by atoms with Gasteiger partial charge in [0, 0.05) is 33.5 Å². The number of benzene rings is 6. The second-order valence-electron chi connectivity index (χ2n) is 11.9. The Labute approximate surface area is 264 Å². The molecule has 0 saturated heterocycles. The van der Waals surface area contributed by atoms with Gasteiger partial charge in [0.15, 0.2) is 0 Å². The van der Waals surface area contributed by atoms with Crippen molar-refractivity contribution in [2.45, 2.75) is 13.3 Å². The fraction of sp³-hybridized carbons (Fsp3) is 0.0698. The average molecular weight is 579 g/mol.